The number of benzene rings is 2. The van der Waals surface area contributed by atoms with Crippen LogP contribution < -0.4 is 4.90 Å². The second-order valence-corrected chi connectivity index (χ2v) is 10.6. The number of nitrogens with one attached hydrogen (secondary N) is 1. The minimum absolute atomic E-state index is 0.133. The number of hydrogen-bond acceptors (Lipinski definition) is 6. The minimum Gasteiger partial charge on any atom is -0.352 e. The number of piperazine rings is 1. The van der Waals surface area contributed by atoms with Gasteiger partial charge in [0.05, 0.1) is 16.6 Å². The van der Waals surface area contributed by atoms with Crippen molar-refractivity contribution in [3.8, 4) is 11.4 Å². The lowest BCUT2D eigenvalue weighted by molar-refractivity contribution is 0.249. The van der Waals surface area contributed by atoms with Gasteiger partial charge in [0.2, 0.25) is 0 Å². The Kier molecular flexibility index (Phi) is 5.64. The second-order valence-electron chi connectivity index (χ2n) is 10.6. The third-order valence-electron chi connectivity index (χ3n) is 7.02. The summed E-state index contributed by atoms with van der Waals surface area (Å²) in [6, 6.07) is 17.1. The van der Waals surface area contributed by atoms with Gasteiger partial charge in [0.25, 0.3) is 0 Å². The second kappa shape index (κ2) is 8.99. The van der Waals surface area contributed by atoms with Crippen LogP contribution in [0.3, 0.4) is 0 Å². The van der Waals surface area contributed by atoms with Crippen molar-refractivity contribution < 1.29 is 0 Å². The molecule has 7 heteroatoms. The quantitative estimate of drug-likeness (QED) is 0.384. The van der Waals surface area contributed by atoms with Gasteiger partial charge in [-0.2, -0.15) is 0 Å². The molecule has 5 aromatic rings. The van der Waals surface area contributed by atoms with Crippen LogP contribution in [0.2, 0.25) is 0 Å². The maximum Gasteiger partial charge on any atom is 0.154 e. The summed E-state index contributed by atoms with van der Waals surface area (Å²) in [7, 11) is 0. The summed E-state index contributed by atoms with van der Waals surface area (Å²) in [5.41, 5.74) is 7.67. The zero-order valence-electron chi connectivity index (χ0n) is 21.1. The third kappa shape index (κ3) is 4.42. The molecule has 0 amide bonds. The summed E-state index contributed by atoms with van der Waals surface area (Å²) < 4.78 is 0. The van der Waals surface area contributed by atoms with E-state index in [1.54, 1.807) is 12.4 Å². The van der Waals surface area contributed by atoms with Gasteiger partial charge < -0.3 is 9.88 Å². The fourth-order valence-corrected chi connectivity index (χ4v) is 4.91. The van der Waals surface area contributed by atoms with Crippen molar-refractivity contribution in [1.82, 2.24) is 29.8 Å². The number of aromatic amines is 1. The van der Waals surface area contributed by atoms with Crippen LogP contribution in [0.15, 0.2) is 67.1 Å². The van der Waals surface area contributed by atoms with Crippen molar-refractivity contribution >= 4 is 27.9 Å². The van der Waals surface area contributed by atoms with Crippen LogP contribution in [0.4, 0.5) is 5.82 Å². The Balaban J connectivity index is 1.17. The highest BCUT2D eigenvalue weighted by Crippen LogP contribution is 2.29. The highest BCUT2D eigenvalue weighted by Gasteiger charge is 2.22. The molecule has 4 heterocycles. The van der Waals surface area contributed by atoms with Gasteiger partial charge in [0.1, 0.15) is 11.3 Å². The van der Waals surface area contributed by atoms with Gasteiger partial charge in [-0.15, -0.1) is 0 Å². The topological polar surface area (TPSA) is 73.8 Å². The fraction of sp³-hybridized carbons (Fsp3) is 0.310. The van der Waals surface area contributed by atoms with Gasteiger partial charge >= 0.3 is 0 Å². The van der Waals surface area contributed by atoms with Crippen molar-refractivity contribution in [3.63, 3.8) is 0 Å². The molecule has 182 valence electrons. The molecule has 36 heavy (non-hydrogen) atoms. The molecule has 2 aromatic carbocycles. The smallest absolute Gasteiger partial charge is 0.154 e. The number of pyridine rings is 1. The molecule has 1 aliphatic heterocycles. The van der Waals surface area contributed by atoms with Gasteiger partial charge in [-0.3, -0.25) is 14.9 Å². The SMILES string of the molecule is CC(C)(C)c1ccc(-c2nc3ccnc(N4CCN(Cc5ccc6nccnc6c5)CC4)c3[nH]2)cc1. The van der Waals surface area contributed by atoms with E-state index in [1.165, 1.54) is 11.1 Å². The highest BCUT2D eigenvalue weighted by atomic mass is 15.3. The van der Waals surface area contributed by atoms with Crippen molar-refractivity contribution in [3.05, 3.63) is 78.2 Å². The number of H-pyrrole nitrogens is 1. The summed E-state index contributed by atoms with van der Waals surface area (Å²) in [5.74, 6) is 1.87. The van der Waals surface area contributed by atoms with E-state index < -0.39 is 0 Å². The normalized spacial score (nSPS) is 15.1. The molecule has 0 atom stereocenters. The average Bonchev–Trinajstić information content (AvgIpc) is 3.33. The van der Waals surface area contributed by atoms with E-state index in [1.807, 2.05) is 12.3 Å². The zero-order valence-corrected chi connectivity index (χ0v) is 21.1. The number of aromatic nitrogens is 5. The van der Waals surface area contributed by atoms with Crippen molar-refractivity contribution in [2.45, 2.75) is 32.7 Å². The summed E-state index contributed by atoms with van der Waals surface area (Å²) in [6.45, 7) is 11.4. The van der Waals surface area contributed by atoms with E-state index in [9.17, 15) is 0 Å². The van der Waals surface area contributed by atoms with Gasteiger partial charge in [-0.25, -0.2) is 9.97 Å². The molecule has 1 fully saturated rings. The summed E-state index contributed by atoms with van der Waals surface area (Å²) in [4.78, 5) is 26.9. The maximum absolute atomic E-state index is 4.88. The monoisotopic (exact) mass is 477 g/mol. The lowest BCUT2D eigenvalue weighted by Crippen LogP contribution is -2.46. The van der Waals surface area contributed by atoms with E-state index in [2.05, 4.69) is 88.0 Å². The summed E-state index contributed by atoms with van der Waals surface area (Å²) in [5, 5.41) is 0. The minimum atomic E-state index is 0.133. The number of nitrogens with zero attached hydrogens (tertiary/aromatic N) is 6. The van der Waals surface area contributed by atoms with E-state index in [0.29, 0.717) is 0 Å². The van der Waals surface area contributed by atoms with E-state index in [-0.39, 0.29) is 5.41 Å². The van der Waals surface area contributed by atoms with Crippen molar-refractivity contribution in [1.29, 1.82) is 0 Å². The van der Waals surface area contributed by atoms with Gasteiger partial charge in [-0.05, 0) is 34.7 Å². The van der Waals surface area contributed by atoms with Crippen LogP contribution in [0.1, 0.15) is 31.9 Å². The Morgan fingerprint density at radius 3 is 2.28 bits per heavy atom. The molecular formula is C29H31N7. The van der Waals surface area contributed by atoms with Crippen molar-refractivity contribution in [2.75, 3.05) is 31.1 Å². The van der Waals surface area contributed by atoms with Crippen LogP contribution in [0.5, 0.6) is 0 Å². The van der Waals surface area contributed by atoms with E-state index in [0.717, 1.165) is 72.0 Å². The van der Waals surface area contributed by atoms with E-state index >= 15 is 0 Å². The lowest BCUT2D eigenvalue weighted by atomic mass is 9.87. The fourth-order valence-electron chi connectivity index (χ4n) is 4.91. The van der Waals surface area contributed by atoms with Gasteiger partial charge in [-0.1, -0.05) is 51.1 Å². The first-order valence-corrected chi connectivity index (χ1v) is 12.6. The first-order valence-electron chi connectivity index (χ1n) is 12.6. The predicted molar refractivity (Wildman–Crippen MR) is 145 cm³/mol. The molecule has 0 unspecified atom stereocenters. The summed E-state index contributed by atoms with van der Waals surface area (Å²) >= 11 is 0. The van der Waals surface area contributed by atoms with Gasteiger partial charge in [0, 0.05) is 56.9 Å². The maximum atomic E-state index is 4.88. The Morgan fingerprint density at radius 1 is 0.778 bits per heavy atom. The number of anilines is 1. The van der Waals surface area contributed by atoms with Gasteiger partial charge in [0.15, 0.2) is 5.82 Å². The molecule has 0 spiro atoms. The highest BCUT2D eigenvalue weighted by molar-refractivity contribution is 5.88. The number of rotatable bonds is 4. The number of imidazole rings is 1. The largest absolute Gasteiger partial charge is 0.352 e. The Bertz CT molecular complexity index is 1510. The summed E-state index contributed by atoms with van der Waals surface area (Å²) in [6.07, 6.45) is 5.36. The number of hydrogen-bond donors (Lipinski definition) is 1. The van der Waals surface area contributed by atoms with Crippen LogP contribution in [-0.4, -0.2) is 56.0 Å². The average molecular weight is 478 g/mol. The van der Waals surface area contributed by atoms with Crippen LogP contribution in [0.25, 0.3) is 33.5 Å². The third-order valence-corrected chi connectivity index (χ3v) is 7.02. The Labute approximate surface area is 211 Å². The predicted octanol–water partition coefficient (Wildman–Crippen LogP) is 5.19. The Morgan fingerprint density at radius 2 is 1.53 bits per heavy atom. The molecule has 7 nitrogen and oxygen atoms in total. The van der Waals surface area contributed by atoms with E-state index in [4.69, 9.17) is 9.97 Å². The van der Waals surface area contributed by atoms with Crippen molar-refractivity contribution in [2.24, 2.45) is 0 Å². The lowest BCUT2D eigenvalue weighted by Gasteiger charge is -2.35. The molecule has 0 saturated carbocycles. The molecule has 0 radical (unpaired) electrons. The zero-order chi connectivity index (χ0) is 24.7. The standard InChI is InChI=1S/C29H31N7/c1-29(2,3)22-7-5-21(6-8-22)27-33-24-10-11-32-28(26(24)34-27)36-16-14-35(15-17-36)19-20-4-9-23-25(18-20)31-13-12-30-23/h4-13,18H,14-17,19H2,1-3H3,(H,33,34). The first kappa shape index (κ1) is 22.6. The molecule has 0 bridgehead atoms. The molecule has 1 saturated heterocycles. The molecule has 6 rings (SSSR count). The van der Waals surface area contributed by atoms with Crippen LogP contribution >= 0.6 is 0 Å². The number of fused-ring (bicyclic) bond motifs is 2. The molecule has 3 aromatic heterocycles. The van der Waals surface area contributed by atoms with Crippen LogP contribution in [-0.2, 0) is 12.0 Å². The molecule has 1 aliphatic rings. The molecule has 1 N–H and O–H groups in total. The van der Waals surface area contributed by atoms with Crippen LogP contribution in [0, 0.1) is 0 Å². The molecular weight excluding hydrogens is 446 g/mol. The molecule has 0 aliphatic carbocycles. The Hall–Kier alpha value is -3.84. The first-order chi connectivity index (χ1) is 17.4.